The Kier molecular flexibility index (Phi) is 7.45. The third-order valence-corrected chi connectivity index (χ3v) is 3.10. The summed E-state index contributed by atoms with van der Waals surface area (Å²) in [4.78, 5) is 23.8. The van der Waals surface area contributed by atoms with Gasteiger partial charge >= 0.3 is 5.97 Å². The third-order valence-electron chi connectivity index (χ3n) is 3.10. The Labute approximate surface area is 127 Å². The maximum Gasteiger partial charge on any atom is 0.335 e. The number of aromatic carboxylic acids is 1. The van der Waals surface area contributed by atoms with E-state index in [4.69, 9.17) is 9.84 Å². The smallest absolute Gasteiger partial charge is 0.335 e. The Bertz CT molecular complexity index is 491. The van der Waals surface area contributed by atoms with Crippen LogP contribution >= 0.6 is 0 Å². The fourth-order valence-electron chi connectivity index (χ4n) is 1.91. The Hall–Kier alpha value is -2.02. The number of nitrogens with zero attached hydrogens (tertiary/aromatic N) is 1. The first kappa shape index (κ1) is 18.0. The number of rotatable bonds is 9. The van der Waals surface area contributed by atoms with Crippen molar-refractivity contribution in [1.82, 2.24) is 4.90 Å². The largest absolute Gasteiger partial charge is 0.478 e. The molecule has 0 fully saturated rings. The van der Waals surface area contributed by atoms with Crippen molar-refractivity contribution in [3.63, 3.8) is 0 Å². The summed E-state index contributed by atoms with van der Waals surface area (Å²) in [6.45, 7) is -0.288. The molecule has 0 saturated heterocycles. The monoisotopic (exact) mass is 315 g/mol. The molecule has 1 rings (SSSR count). The summed E-state index contributed by atoms with van der Waals surface area (Å²) < 4.78 is 29.7. The second-order valence-corrected chi connectivity index (χ2v) is 4.73. The van der Waals surface area contributed by atoms with Crippen LogP contribution in [-0.2, 0) is 16.0 Å². The SMILES string of the molecule is COCCN(CC(F)F)C(=O)CCc1ccc(C(=O)O)cc1. The van der Waals surface area contributed by atoms with Crippen molar-refractivity contribution in [2.45, 2.75) is 19.3 Å². The Morgan fingerprint density at radius 2 is 1.91 bits per heavy atom. The number of carbonyl (C=O) groups excluding carboxylic acids is 1. The molecule has 1 aromatic rings. The van der Waals surface area contributed by atoms with Gasteiger partial charge in [-0.05, 0) is 24.1 Å². The fourth-order valence-corrected chi connectivity index (χ4v) is 1.91. The minimum Gasteiger partial charge on any atom is -0.478 e. The summed E-state index contributed by atoms with van der Waals surface area (Å²) in [6, 6.07) is 6.13. The van der Waals surface area contributed by atoms with E-state index in [2.05, 4.69) is 0 Å². The highest BCUT2D eigenvalue weighted by Crippen LogP contribution is 2.09. The summed E-state index contributed by atoms with van der Waals surface area (Å²) in [6.07, 6.45) is -2.13. The molecular formula is C15H19F2NO4. The van der Waals surface area contributed by atoms with Crippen LogP contribution in [-0.4, -0.2) is 55.1 Å². The Balaban J connectivity index is 2.55. The summed E-state index contributed by atoms with van der Waals surface area (Å²) in [5.41, 5.74) is 0.941. The Morgan fingerprint density at radius 3 is 2.41 bits per heavy atom. The second-order valence-electron chi connectivity index (χ2n) is 4.73. The van der Waals surface area contributed by atoms with Crippen molar-refractivity contribution >= 4 is 11.9 Å². The molecule has 1 amide bonds. The van der Waals surface area contributed by atoms with Crippen LogP contribution in [0, 0.1) is 0 Å². The van der Waals surface area contributed by atoms with E-state index in [1.54, 1.807) is 12.1 Å². The molecule has 1 aromatic carbocycles. The molecule has 0 aromatic heterocycles. The zero-order valence-corrected chi connectivity index (χ0v) is 12.3. The van der Waals surface area contributed by atoms with Crippen LogP contribution in [0.5, 0.6) is 0 Å². The average molecular weight is 315 g/mol. The molecule has 0 bridgehead atoms. The number of aryl methyl sites for hydroxylation is 1. The topological polar surface area (TPSA) is 66.8 Å². The van der Waals surface area contributed by atoms with Gasteiger partial charge in [0.25, 0.3) is 6.43 Å². The predicted molar refractivity (Wildman–Crippen MR) is 76.2 cm³/mol. The van der Waals surface area contributed by atoms with E-state index >= 15 is 0 Å². The van der Waals surface area contributed by atoms with E-state index in [1.165, 1.54) is 19.2 Å². The number of benzene rings is 1. The molecule has 0 aliphatic carbocycles. The molecule has 22 heavy (non-hydrogen) atoms. The lowest BCUT2D eigenvalue weighted by atomic mass is 10.1. The number of hydrogen-bond acceptors (Lipinski definition) is 3. The first-order valence-corrected chi connectivity index (χ1v) is 6.81. The lowest BCUT2D eigenvalue weighted by Gasteiger charge is -2.22. The van der Waals surface area contributed by atoms with E-state index in [1.807, 2.05) is 0 Å². The number of ether oxygens (including phenoxy) is 1. The van der Waals surface area contributed by atoms with Gasteiger partial charge in [0, 0.05) is 20.1 Å². The molecule has 0 heterocycles. The highest BCUT2D eigenvalue weighted by atomic mass is 19.3. The normalized spacial score (nSPS) is 10.7. The van der Waals surface area contributed by atoms with Crippen LogP contribution in [0.4, 0.5) is 8.78 Å². The number of alkyl halides is 2. The molecule has 7 heteroatoms. The van der Waals surface area contributed by atoms with Gasteiger partial charge in [0.15, 0.2) is 0 Å². The van der Waals surface area contributed by atoms with Crippen molar-refractivity contribution < 1.29 is 28.2 Å². The molecule has 0 aliphatic heterocycles. The maximum atomic E-state index is 12.5. The quantitative estimate of drug-likeness (QED) is 0.757. The predicted octanol–water partition coefficient (Wildman–Crippen LogP) is 2.06. The van der Waals surface area contributed by atoms with Crippen molar-refractivity contribution in [3.05, 3.63) is 35.4 Å². The van der Waals surface area contributed by atoms with Crippen molar-refractivity contribution in [2.24, 2.45) is 0 Å². The lowest BCUT2D eigenvalue weighted by molar-refractivity contribution is -0.133. The van der Waals surface area contributed by atoms with Gasteiger partial charge in [0.2, 0.25) is 5.91 Å². The van der Waals surface area contributed by atoms with E-state index in [0.717, 1.165) is 10.5 Å². The average Bonchev–Trinajstić information content (AvgIpc) is 2.49. The number of halogens is 2. The maximum absolute atomic E-state index is 12.5. The molecule has 0 atom stereocenters. The highest BCUT2D eigenvalue weighted by molar-refractivity contribution is 5.87. The summed E-state index contributed by atoms with van der Waals surface area (Å²) in [5, 5.41) is 8.79. The van der Waals surface area contributed by atoms with Gasteiger partial charge in [0.05, 0.1) is 18.7 Å². The first-order chi connectivity index (χ1) is 10.4. The van der Waals surface area contributed by atoms with Gasteiger partial charge in [-0.25, -0.2) is 13.6 Å². The van der Waals surface area contributed by atoms with Gasteiger partial charge in [0.1, 0.15) is 0 Å². The van der Waals surface area contributed by atoms with Gasteiger partial charge in [-0.1, -0.05) is 12.1 Å². The van der Waals surface area contributed by atoms with Crippen molar-refractivity contribution in [3.8, 4) is 0 Å². The van der Waals surface area contributed by atoms with Crippen LogP contribution in [0.25, 0.3) is 0 Å². The van der Waals surface area contributed by atoms with E-state index < -0.39 is 18.9 Å². The van der Waals surface area contributed by atoms with Gasteiger partial charge in [-0.2, -0.15) is 0 Å². The first-order valence-electron chi connectivity index (χ1n) is 6.81. The number of carboxylic acid groups (broad SMARTS) is 1. The van der Waals surface area contributed by atoms with Crippen LogP contribution in [0.3, 0.4) is 0 Å². The summed E-state index contributed by atoms with van der Waals surface area (Å²) >= 11 is 0. The standard InChI is InChI=1S/C15H19F2NO4/c1-22-9-8-18(10-13(16)17)14(19)7-4-11-2-5-12(6-3-11)15(20)21/h2-3,5-6,13H,4,7-10H2,1H3,(H,20,21). The zero-order chi connectivity index (χ0) is 16.5. The van der Waals surface area contributed by atoms with Gasteiger partial charge in [-0.15, -0.1) is 0 Å². The fraction of sp³-hybridized carbons (Fsp3) is 0.467. The molecule has 0 spiro atoms. The number of methoxy groups -OCH3 is 1. The van der Waals surface area contributed by atoms with Crippen LogP contribution in [0.2, 0.25) is 0 Å². The van der Waals surface area contributed by atoms with E-state index in [-0.39, 0.29) is 31.0 Å². The van der Waals surface area contributed by atoms with Crippen LogP contribution < -0.4 is 0 Å². The Morgan fingerprint density at radius 1 is 1.27 bits per heavy atom. The van der Waals surface area contributed by atoms with E-state index in [9.17, 15) is 18.4 Å². The van der Waals surface area contributed by atoms with Crippen molar-refractivity contribution in [1.29, 1.82) is 0 Å². The molecular weight excluding hydrogens is 296 g/mol. The van der Waals surface area contributed by atoms with Gasteiger partial charge < -0.3 is 14.7 Å². The second kappa shape index (κ2) is 9.09. The minimum absolute atomic E-state index is 0.0862. The molecule has 122 valence electrons. The third kappa shape index (κ3) is 6.17. The molecule has 0 unspecified atom stereocenters. The molecule has 0 aliphatic rings. The summed E-state index contributed by atoms with van der Waals surface area (Å²) in [7, 11) is 1.44. The molecule has 1 N–H and O–H groups in total. The molecule has 0 saturated carbocycles. The number of carboxylic acids is 1. The summed E-state index contributed by atoms with van der Waals surface area (Å²) in [5.74, 6) is -1.40. The minimum atomic E-state index is -2.59. The van der Waals surface area contributed by atoms with E-state index in [0.29, 0.717) is 6.42 Å². The van der Waals surface area contributed by atoms with Crippen LogP contribution in [0.15, 0.2) is 24.3 Å². The molecule has 0 radical (unpaired) electrons. The highest BCUT2D eigenvalue weighted by Gasteiger charge is 2.17. The van der Waals surface area contributed by atoms with Crippen molar-refractivity contribution in [2.75, 3.05) is 26.8 Å². The zero-order valence-electron chi connectivity index (χ0n) is 12.3. The van der Waals surface area contributed by atoms with Crippen LogP contribution in [0.1, 0.15) is 22.3 Å². The number of hydrogen-bond donors (Lipinski definition) is 1. The molecule has 5 nitrogen and oxygen atoms in total. The van der Waals surface area contributed by atoms with Gasteiger partial charge in [-0.3, -0.25) is 4.79 Å². The number of amides is 1. The number of carbonyl (C=O) groups is 2. The lowest BCUT2D eigenvalue weighted by Crippen LogP contribution is -2.37.